The number of alkyl halides is 1. The predicted octanol–water partition coefficient (Wildman–Crippen LogP) is 5.75. The topological polar surface area (TPSA) is 9.23 Å². The summed E-state index contributed by atoms with van der Waals surface area (Å²) in [6, 6.07) is 0. The summed E-state index contributed by atoms with van der Waals surface area (Å²) in [5.74, 6) is 6.50. The molecule has 0 radical (unpaired) electrons. The Hall–Kier alpha value is 0.217. The molecule has 0 aliphatic rings. The third kappa shape index (κ3) is 6.97. The van der Waals surface area contributed by atoms with Gasteiger partial charge in [0.1, 0.15) is 5.60 Å². The van der Waals surface area contributed by atoms with Crippen LogP contribution >= 0.6 is 15.9 Å². The van der Waals surface area contributed by atoms with Crippen molar-refractivity contribution < 1.29 is 4.43 Å². The zero-order valence-corrected chi connectivity index (χ0v) is 16.4. The molecule has 0 heterocycles. The lowest BCUT2D eigenvalue weighted by molar-refractivity contribution is 0.118. The highest BCUT2D eigenvalue weighted by Crippen LogP contribution is 2.40. The number of halogens is 1. The fraction of sp³-hybridized carbons (Fsp3) is 0.875. The summed E-state index contributed by atoms with van der Waals surface area (Å²) >= 11 is 3.39. The first-order chi connectivity index (χ1) is 8.58. The van der Waals surface area contributed by atoms with Gasteiger partial charge < -0.3 is 4.43 Å². The van der Waals surface area contributed by atoms with Gasteiger partial charge in [-0.1, -0.05) is 68.3 Å². The molecule has 0 aliphatic heterocycles. The van der Waals surface area contributed by atoms with Gasteiger partial charge in [-0.05, 0) is 37.9 Å². The Morgan fingerprint density at radius 1 is 1.11 bits per heavy atom. The van der Waals surface area contributed by atoms with Gasteiger partial charge >= 0.3 is 0 Å². The Morgan fingerprint density at radius 2 is 1.68 bits per heavy atom. The van der Waals surface area contributed by atoms with E-state index in [1.54, 1.807) is 0 Å². The molecule has 112 valence electrons. The van der Waals surface area contributed by atoms with Crippen LogP contribution in [0, 0.1) is 11.8 Å². The summed E-state index contributed by atoms with van der Waals surface area (Å²) in [6.45, 7) is 15.9. The van der Waals surface area contributed by atoms with E-state index >= 15 is 0 Å². The van der Waals surface area contributed by atoms with E-state index in [4.69, 9.17) is 4.43 Å². The zero-order chi connectivity index (χ0) is 15.2. The summed E-state index contributed by atoms with van der Waals surface area (Å²) < 4.78 is 6.58. The van der Waals surface area contributed by atoms with E-state index in [9.17, 15) is 0 Å². The highest BCUT2D eigenvalue weighted by molar-refractivity contribution is 9.09. The van der Waals surface area contributed by atoms with Gasteiger partial charge in [-0.2, -0.15) is 0 Å². The van der Waals surface area contributed by atoms with Crippen LogP contribution in [0.4, 0.5) is 0 Å². The van der Waals surface area contributed by atoms with E-state index in [1.165, 1.54) is 19.3 Å². The van der Waals surface area contributed by atoms with Crippen LogP contribution in [-0.2, 0) is 4.43 Å². The lowest BCUT2D eigenvalue weighted by atomic mass is 9.99. The summed E-state index contributed by atoms with van der Waals surface area (Å²) in [5.41, 5.74) is -0.286. The van der Waals surface area contributed by atoms with Crippen molar-refractivity contribution in [3.05, 3.63) is 0 Å². The smallest absolute Gasteiger partial charge is 0.194 e. The molecule has 3 heteroatoms. The Morgan fingerprint density at radius 3 is 2.11 bits per heavy atom. The fourth-order valence-electron chi connectivity index (χ4n) is 1.79. The van der Waals surface area contributed by atoms with Crippen LogP contribution < -0.4 is 0 Å². The molecule has 0 spiro atoms. The maximum absolute atomic E-state index is 6.58. The van der Waals surface area contributed by atoms with Crippen molar-refractivity contribution in [1.82, 2.24) is 0 Å². The fourth-order valence-corrected chi connectivity index (χ4v) is 3.51. The van der Waals surface area contributed by atoms with Gasteiger partial charge in [0.15, 0.2) is 8.32 Å². The molecule has 1 atom stereocenters. The summed E-state index contributed by atoms with van der Waals surface area (Å²) in [5, 5.41) is 0.951. The van der Waals surface area contributed by atoms with Gasteiger partial charge in [-0.25, -0.2) is 0 Å². The highest BCUT2D eigenvalue weighted by atomic mass is 79.9. The lowest BCUT2D eigenvalue weighted by Gasteiger charge is -2.42. The van der Waals surface area contributed by atoms with Crippen molar-refractivity contribution >= 4 is 24.2 Å². The van der Waals surface area contributed by atoms with Gasteiger partial charge in [0.05, 0.1) is 5.33 Å². The molecule has 0 saturated heterocycles. The second kappa shape index (κ2) is 7.86. The van der Waals surface area contributed by atoms with E-state index in [2.05, 4.69) is 75.5 Å². The van der Waals surface area contributed by atoms with Gasteiger partial charge in [0, 0.05) is 0 Å². The molecule has 19 heavy (non-hydrogen) atoms. The van der Waals surface area contributed by atoms with Gasteiger partial charge in [0.25, 0.3) is 0 Å². The van der Waals surface area contributed by atoms with Crippen LogP contribution in [0.1, 0.15) is 60.3 Å². The van der Waals surface area contributed by atoms with E-state index in [1.807, 2.05) is 0 Å². The van der Waals surface area contributed by atoms with Crippen LogP contribution in [0.3, 0.4) is 0 Å². The second-order valence-corrected chi connectivity index (χ2v) is 12.3. The third-order valence-electron chi connectivity index (χ3n) is 3.96. The minimum atomic E-state index is -1.77. The minimum absolute atomic E-state index is 0.231. The van der Waals surface area contributed by atoms with Crippen molar-refractivity contribution in [3.63, 3.8) is 0 Å². The molecule has 0 aliphatic carbocycles. The van der Waals surface area contributed by atoms with Crippen LogP contribution in [0.2, 0.25) is 18.1 Å². The lowest BCUT2D eigenvalue weighted by Crippen LogP contribution is -2.48. The van der Waals surface area contributed by atoms with Gasteiger partial charge in [-0.15, -0.1) is 0 Å². The van der Waals surface area contributed by atoms with Crippen molar-refractivity contribution in [2.75, 3.05) is 5.33 Å². The van der Waals surface area contributed by atoms with Crippen molar-refractivity contribution in [3.8, 4) is 11.8 Å². The molecular weight excluding hydrogens is 316 g/mol. The minimum Gasteiger partial charge on any atom is -0.401 e. The Labute approximate surface area is 130 Å². The quantitative estimate of drug-likeness (QED) is 0.257. The number of unbranched alkanes of at least 4 members (excludes halogenated alkanes) is 2. The van der Waals surface area contributed by atoms with Crippen LogP contribution in [-0.4, -0.2) is 19.2 Å². The number of rotatable bonds is 6. The summed E-state index contributed by atoms with van der Waals surface area (Å²) in [7, 11) is -1.77. The first kappa shape index (κ1) is 19.2. The normalized spacial score (nSPS) is 15.6. The van der Waals surface area contributed by atoms with E-state index in [0.29, 0.717) is 0 Å². The van der Waals surface area contributed by atoms with Crippen LogP contribution in [0.25, 0.3) is 0 Å². The first-order valence-corrected chi connectivity index (χ1v) is 11.4. The standard InChI is InChI=1S/C16H31BrOSi/c1-8-9-10-12-16(5,13-11-14-17)18-19(6,7)15(2,3)4/h8-10,12,14H2,1-7H3. The Balaban J connectivity index is 4.95. The monoisotopic (exact) mass is 346 g/mol. The maximum Gasteiger partial charge on any atom is 0.194 e. The molecular formula is C16H31BrOSi. The van der Waals surface area contributed by atoms with Gasteiger partial charge in [-0.3, -0.25) is 0 Å². The van der Waals surface area contributed by atoms with E-state index < -0.39 is 8.32 Å². The Kier molecular flexibility index (Phi) is 7.95. The first-order valence-electron chi connectivity index (χ1n) is 7.34. The summed E-state index contributed by atoms with van der Waals surface area (Å²) in [6.07, 6.45) is 4.72. The summed E-state index contributed by atoms with van der Waals surface area (Å²) in [4.78, 5) is 0. The van der Waals surface area contributed by atoms with Gasteiger partial charge in [0.2, 0.25) is 0 Å². The molecule has 0 fully saturated rings. The molecule has 0 N–H and O–H groups in total. The van der Waals surface area contributed by atoms with E-state index in [0.717, 1.165) is 11.8 Å². The average molecular weight is 347 g/mol. The van der Waals surface area contributed by atoms with Crippen molar-refractivity contribution in [1.29, 1.82) is 0 Å². The molecule has 0 bridgehead atoms. The second-order valence-electron chi connectivity index (χ2n) is 6.99. The predicted molar refractivity (Wildman–Crippen MR) is 92.4 cm³/mol. The number of hydrogen-bond acceptors (Lipinski definition) is 1. The molecule has 1 nitrogen and oxygen atoms in total. The largest absolute Gasteiger partial charge is 0.401 e. The zero-order valence-electron chi connectivity index (χ0n) is 13.8. The van der Waals surface area contributed by atoms with E-state index in [-0.39, 0.29) is 10.6 Å². The Bertz CT molecular complexity index is 322. The SMILES string of the molecule is CCCCCC(C)(C#CCBr)O[Si](C)(C)C(C)(C)C. The number of hydrogen-bond donors (Lipinski definition) is 0. The van der Waals surface area contributed by atoms with Crippen LogP contribution in [0.15, 0.2) is 0 Å². The average Bonchev–Trinajstić information content (AvgIpc) is 2.24. The maximum atomic E-state index is 6.58. The molecule has 0 saturated carbocycles. The molecule has 0 rings (SSSR count). The molecule has 0 aromatic heterocycles. The molecule has 0 amide bonds. The van der Waals surface area contributed by atoms with Crippen molar-refractivity contribution in [2.45, 2.75) is 84.0 Å². The molecule has 0 aromatic rings. The highest BCUT2D eigenvalue weighted by Gasteiger charge is 2.42. The molecule has 0 aromatic carbocycles. The van der Waals surface area contributed by atoms with Crippen LogP contribution in [0.5, 0.6) is 0 Å². The third-order valence-corrected chi connectivity index (χ3v) is 8.82. The molecule has 1 unspecified atom stereocenters. The van der Waals surface area contributed by atoms with Crippen molar-refractivity contribution in [2.24, 2.45) is 0 Å².